The number of oxazole rings is 1. The number of hydrogen-bond donors (Lipinski definition) is 1. The SMILES string of the molecule is Cc1ccc(C(=O)Nc2cccc(-c3nc4cc(C)c(C)cc4o3)c2)cc1C. The van der Waals surface area contributed by atoms with Crippen molar-refractivity contribution in [2.24, 2.45) is 0 Å². The van der Waals surface area contributed by atoms with Crippen molar-refractivity contribution in [2.75, 3.05) is 5.32 Å². The van der Waals surface area contributed by atoms with Gasteiger partial charge in [0.2, 0.25) is 5.89 Å². The molecule has 0 bridgehead atoms. The predicted octanol–water partition coefficient (Wildman–Crippen LogP) is 5.98. The van der Waals surface area contributed by atoms with Crippen LogP contribution >= 0.6 is 0 Å². The van der Waals surface area contributed by atoms with Crippen LogP contribution in [0.3, 0.4) is 0 Å². The van der Waals surface area contributed by atoms with Crippen molar-refractivity contribution in [1.29, 1.82) is 0 Å². The van der Waals surface area contributed by atoms with Gasteiger partial charge in [-0.3, -0.25) is 4.79 Å². The van der Waals surface area contributed by atoms with Crippen LogP contribution in [0.5, 0.6) is 0 Å². The van der Waals surface area contributed by atoms with Gasteiger partial charge in [-0.15, -0.1) is 0 Å². The van der Waals surface area contributed by atoms with Crippen molar-refractivity contribution in [3.8, 4) is 11.5 Å². The Balaban J connectivity index is 1.62. The summed E-state index contributed by atoms with van der Waals surface area (Å²) in [4.78, 5) is 17.2. The average molecular weight is 370 g/mol. The largest absolute Gasteiger partial charge is 0.436 e. The second kappa shape index (κ2) is 6.97. The minimum Gasteiger partial charge on any atom is -0.436 e. The van der Waals surface area contributed by atoms with E-state index >= 15 is 0 Å². The zero-order valence-electron chi connectivity index (χ0n) is 16.5. The number of nitrogens with one attached hydrogen (secondary N) is 1. The van der Waals surface area contributed by atoms with E-state index in [0.717, 1.165) is 22.2 Å². The van der Waals surface area contributed by atoms with Gasteiger partial charge in [0.05, 0.1) is 0 Å². The van der Waals surface area contributed by atoms with Crippen molar-refractivity contribution in [2.45, 2.75) is 27.7 Å². The number of aromatic nitrogens is 1. The van der Waals surface area contributed by atoms with Crippen LogP contribution in [0.15, 0.2) is 59.0 Å². The van der Waals surface area contributed by atoms with E-state index in [1.54, 1.807) is 0 Å². The summed E-state index contributed by atoms with van der Waals surface area (Å²) in [5.74, 6) is 0.409. The molecule has 1 N–H and O–H groups in total. The Morgan fingerprint density at radius 3 is 2.39 bits per heavy atom. The van der Waals surface area contributed by atoms with Crippen LogP contribution in [-0.4, -0.2) is 10.9 Å². The normalized spacial score (nSPS) is 11.0. The molecule has 0 saturated heterocycles. The Bertz CT molecular complexity index is 1170. The van der Waals surface area contributed by atoms with Crippen molar-refractivity contribution in [3.63, 3.8) is 0 Å². The monoisotopic (exact) mass is 370 g/mol. The lowest BCUT2D eigenvalue weighted by Crippen LogP contribution is -2.12. The molecule has 0 unspecified atom stereocenters. The predicted molar refractivity (Wildman–Crippen MR) is 113 cm³/mol. The lowest BCUT2D eigenvalue weighted by molar-refractivity contribution is 0.102. The number of rotatable bonds is 3. The Hall–Kier alpha value is -3.40. The van der Waals surface area contributed by atoms with Crippen molar-refractivity contribution >= 4 is 22.7 Å². The molecule has 0 atom stereocenters. The number of carbonyl (C=O) groups is 1. The van der Waals surface area contributed by atoms with E-state index in [2.05, 4.69) is 24.1 Å². The highest BCUT2D eigenvalue weighted by Crippen LogP contribution is 2.28. The molecule has 28 heavy (non-hydrogen) atoms. The minimum atomic E-state index is -0.135. The molecular formula is C24H22N2O2. The van der Waals surface area contributed by atoms with Crippen molar-refractivity contribution in [3.05, 3.63) is 82.4 Å². The van der Waals surface area contributed by atoms with Crippen LogP contribution < -0.4 is 5.32 Å². The van der Waals surface area contributed by atoms with E-state index < -0.39 is 0 Å². The van der Waals surface area contributed by atoms with Crippen molar-refractivity contribution < 1.29 is 9.21 Å². The Kier molecular flexibility index (Phi) is 4.47. The van der Waals surface area contributed by atoms with Crippen LogP contribution in [0.25, 0.3) is 22.6 Å². The first-order valence-electron chi connectivity index (χ1n) is 9.27. The minimum absolute atomic E-state index is 0.135. The Labute approximate surface area is 164 Å². The number of amides is 1. The van der Waals surface area contributed by atoms with Crippen molar-refractivity contribution in [1.82, 2.24) is 4.98 Å². The molecule has 0 saturated carbocycles. The zero-order chi connectivity index (χ0) is 19.8. The maximum atomic E-state index is 12.6. The van der Waals surface area contributed by atoms with Gasteiger partial charge >= 0.3 is 0 Å². The average Bonchev–Trinajstić information content (AvgIpc) is 3.07. The number of carbonyl (C=O) groups excluding carboxylic acids is 1. The van der Waals surface area contributed by atoms with Gasteiger partial charge in [0, 0.05) is 16.8 Å². The van der Waals surface area contributed by atoms with E-state index in [4.69, 9.17) is 4.42 Å². The van der Waals surface area contributed by atoms with E-state index in [0.29, 0.717) is 17.1 Å². The van der Waals surface area contributed by atoms with Crippen LogP contribution in [0, 0.1) is 27.7 Å². The molecule has 4 heteroatoms. The van der Waals surface area contributed by atoms with Gasteiger partial charge in [-0.25, -0.2) is 4.98 Å². The molecular weight excluding hydrogens is 348 g/mol. The number of aryl methyl sites for hydroxylation is 4. The third-order valence-corrected chi connectivity index (χ3v) is 5.14. The summed E-state index contributed by atoms with van der Waals surface area (Å²) in [6.45, 7) is 8.15. The quantitative estimate of drug-likeness (QED) is 0.482. The summed E-state index contributed by atoms with van der Waals surface area (Å²) in [5.41, 5.74) is 8.39. The fraction of sp³-hybridized carbons (Fsp3) is 0.167. The number of benzene rings is 3. The van der Waals surface area contributed by atoms with Gasteiger partial charge in [-0.05, 0) is 92.4 Å². The number of anilines is 1. The van der Waals surface area contributed by atoms with Gasteiger partial charge in [-0.2, -0.15) is 0 Å². The molecule has 1 amide bonds. The van der Waals surface area contributed by atoms with Gasteiger partial charge in [-0.1, -0.05) is 12.1 Å². The van der Waals surface area contributed by atoms with E-state index in [-0.39, 0.29) is 5.91 Å². The molecule has 140 valence electrons. The van der Waals surface area contributed by atoms with Gasteiger partial charge in [0.15, 0.2) is 5.58 Å². The molecule has 4 nitrogen and oxygen atoms in total. The van der Waals surface area contributed by atoms with Crippen LogP contribution in [0.4, 0.5) is 5.69 Å². The maximum Gasteiger partial charge on any atom is 0.255 e. The fourth-order valence-electron chi connectivity index (χ4n) is 3.12. The number of nitrogens with zero attached hydrogens (tertiary/aromatic N) is 1. The summed E-state index contributed by atoms with van der Waals surface area (Å²) >= 11 is 0. The molecule has 0 aliphatic carbocycles. The topological polar surface area (TPSA) is 55.1 Å². The highest BCUT2D eigenvalue weighted by atomic mass is 16.3. The van der Waals surface area contributed by atoms with Gasteiger partial charge in [0.1, 0.15) is 5.52 Å². The highest BCUT2D eigenvalue weighted by molar-refractivity contribution is 6.04. The Morgan fingerprint density at radius 1 is 0.857 bits per heavy atom. The van der Waals surface area contributed by atoms with E-state index in [1.807, 2.05) is 68.4 Å². The smallest absolute Gasteiger partial charge is 0.255 e. The summed E-state index contributed by atoms with van der Waals surface area (Å²) in [6, 6.07) is 17.3. The number of hydrogen-bond acceptors (Lipinski definition) is 3. The third kappa shape index (κ3) is 3.41. The van der Waals surface area contributed by atoms with Crippen LogP contribution in [0.2, 0.25) is 0 Å². The van der Waals surface area contributed by atoms with E-state index in [1.165, 1.54) is 16.7 Å². The first kappa shape index (κ1) is 18.0. The molecule has 0 radical (unpaired) electrons. The lowest BCUT2D eigenvalue weighted by atomic mass is 10.1. The molecule has 4 rings (SSSR count). The summed E-state index contributed by atoms with van der Waals surface area (Å²) in [6.07, 6.45) is 0. The maximum absolute atomic E-state index is 12.6. The molecule has 1 heterocycles. The van der Waals surface area contributed by atoms with Crippen LogP contribution in [0.1, 0.15) is 32.6 Å². The molecule has 3 aromatic carbocycles. The molecule has 0 aliphatic rings. The van der Waals surface area contributed by atoms with Gasteiger partial charge < -0.3 is 9.73 Å². The lowest BCUT2D eigenvalue weighted by Gasteiger charge is -2.08. The Morgan fingerprint density at radius 2 is 1.61 bits per heavy atom. The first-order chi connectivity index (χ1) is 13.4. The third-order valence-electron chi connectivity index (χ3n) is 5.14. The molecule has 0 aliphatic heterocycles. The van der Waals surface area contributed by atoms with Crippen LogP contribution in [-0.2, 0) is 0 Å². The standard InChI is InChI=1S/C24H22N2O2/c1-14-8-9-18(10-15(14)2)23(27)25-20-7-5-6-19(13-20)24-26-21-11-16(3)17(4)12-22(21)28-24/h5-13H,1-4H3,(H,25,27). The highest BCUT2D eigenvalue weighted by Gasteiger charge is 2.12. The second-order valence-electron chi connectivity index (χ2n) is 7.26. The first-order valence-corrected chi connectivity index (χ1v) is 9.27. The zero-order valence-corrected chi connectivity index (χ0v) is 16.5. The fourth-order valence-corrected chi connectivity index (χ4v) is 3.12. The summed E-state index contributed by atoms with van der Waals surface area (Å²) in [5, 5.41) is 2.96. The number of fused-ring (bicyclic) bond motifs is 1. The summed E-state index contributed by atoms with van der Waals surface area (Å²) in [7, 11) is 0. The molecule has 1 aromatic heterocycles. The summed E-state index contributed by atoms with van der Waals surface area (Å²) < 4.78 is 5.94. The molecule has 0 spiro atoms. The second-order valence-corrected chi connectivity index (χ2v) is 7.26. The molecule has 4 aromatic rings. The molecule has 0 fully saturated rings. The van der Waals surface area contributed by atoms with E-state index in [9.17, 15) is 4.79 Å². The van der Waals surface area contributed by atoms with Gasteiger partial charge in [0.25, 0.3) is 5.91 Å².